The SMILES string of the molecule is CN(C)C1CC2(CCN(C(=O)c3ccn[nH]3)CC2)C1. The quantitative estimate of drug-likeness (QED) is 0.875. The molecule has 0 aromatic carbocycles. The monoisotopic (exact) mass is 262 g/mol. The summed E-state index contributed by atoms with van der Waals surface area (Å²) in [5.41, 5.74) is 1.12. The largest absolute Gasteiger partial charge is 0.337 e. The lowest BCUT2D eigenvalue weighted by molar-refractivity contribution is -0.0232. The Bertz CT molecular complexity index is 438. The van der Waals surface area contributed by atoms with Crippen LogP contribution in [0.1, 0.15) is 36.2 Å². The molecule has 2 fully saturated rings. The highest BCUT2D eigenvalue weighted by Crippen LogP contribution is 2.50. The third-order valence-corrected chi connectivity index (χ3v) is 4.91. The van der Waals surface area contributed by atoms with E-state index in [0.717, 1.165) is 32.0 Å². The molecule has 1 spiro atoms. The van der Waals surface area contributed by atoms with E-state index in [1.54, 1.807) is 12.3 Å². The van der Waals surface area contributed by atoms with Crippen LogP contribution in [0.3, 0.4) is 0 Å². The number of rotatable bonds is 2. The molecule has 1 aliphatic carbocycles. The third kappa shape index (κ3) is 2.27. The molecule has 2 heterocycles. The van der Waals surface area contributed by atoms with Gasteiger partial charge in [-0.3, -0.25) is 9.89 Å². The van der Waals surface area contributed by atoms with Crippen LogP contribution in [0.15, 0.2) is 12.3 Å². The molecule has 1 aromatic heterocycles. The molecule has 0 bridgehead atoms. The van der Waals surface area contributed by atoms with Crippen LogP contribution in [-0.2, 0) is 0 Å². The molecule has 1 saturated heterocycles. The number of amides is 1. The Kier molecular flexibility index (Phi) is 3.09. The molecule has 104 valence electrons. The van der Waals surface area contributed by atoms with E-state index >= 15 is 0 Å². The maximum atomic E-state index is 12.2. The van der Waals surface area contributed by atoms with E-state index in [9.17, 15) is 4.79 Å². The molecule has 3 rings (SSSR count). The summed E-state index contributed by atoms with van der Waals surface area (Å²) in [5, 5.41) is 6.60. The van der Waals surface area contributed by atoms with E-state index in [0.29, 0.717) is 11.1 Å². The summed E-state index contributed by atoms with van der Waals surface area (Å²) in [6, 6.07) is 2.49. The highest BCUT2D eigenvalue weighted by atomic mass is 16.2. The van der Waals surface area contributed by atoms with Gasteiger partial charge in [-0.05, 0) is 51.3 Å². The summed E-state index contributed by atoms with van der Waals surface area (Å²) < 4.78 is 0. The standard InChI is InChI=1S/C14H22N4O/c1-17(2)11-9-14(10-11)4-7-18(8-5-14)13(19)12-3-6-15-16-12/h3,6,11H,4-5,7-10H2,1-2H3,(H,15,16). The average molecular weight is 262 g/mol. The van der Waals surface area contributed by atoms with Crippen LogP contribution >= 0.6 is 0 Å². The predicted molar refractivity (Wildman–Crippen MR) is 72.9 cm³/mol. The molecular weight excluding hydrogens is 240 g/mol. The molecule has 2 aliphatic rings. The van der Waals surface area contributed by atoms with Gasteiger partial charge in [0.1, 0.15) is 5.69 Å². The van der Waals surface area contributed by atoms with Crippen molar-refractivity contribution in [3.8, 4) is 0 Å². The van der Waals surface area contributed by atoms with E-state index in [1.165, 1.54) is 12.8 Å². The van der Waals surface area contributed by atoms with Crippen molar-refractivity contribution >= 4 is 5.91 Å². The second kappa shape index (κ2) is 4.63. The van der Waals surface area contributed by atoms with Gasteiger partial charge in [-0.15, -0.1) is 0 Å². The predicted octanol–water partition coefficient (Wildman–Crippen LogP) is 1.36. The van der Waals surface area contributed by atoms with Gasteiger partial charge in [0.25, 0.3) is 5.91 Å². The van der Waals surface area contributed by atoms with Crippen LogP contribution in [0.25, 0.3) is 0 Å². The fourth-order valence-corrected chi connectivity index (χ4v) is 3.44. The first kappa shape index (κ1) is 12.7. The Balaban J connectivity index is 1.55. The van der Waals surface area contributed by atoms with Crippen LogP contribution in [0, 0.1) is 5.41 Å². The molecule has 5 nitrogen and oxygen atoms in total. The topological polar surface area (TPSA) is 52.2 Å². The summed E-state index contributed by atoms with van der Waals surface area (Å²) >= 11 is 0. The minimum Gasteiger partial charge on any atom is -0.337 e. The Morgan fingerprint density at radius 2 is 2.11 bits per heavy atom. The minimum atomic E-state index is 0.0934. The van der Waals surface area contributed by atoms with E-state index in [2.05, 4.69) is 29.2 Å². The zero-order valence-electron chi connectivity index (χ0n) is 11.7. The summed E-state index contributed by atoms with van der Waals surface area (Å²) in [7, 11) is 4.32. The summed E-state index contributed by atoms with van der Waals surface area (Å²) in [5.74, 6) is 0.0934. The fraction of sp³-hybridized carbons (Fsp3) is 0.714. The van der Waals surface area contributed by atoms with Crippen molar-refractivity contribution in [2.24, 2.45) is 5.41 Å². The highest BCUT2D eigenvalue weighted by Gasteiger charge is 2.46. The van der Waals surface area contributed by atoms with E-state index < -0.39 is 0 Å². The summed E-state index contributed by atoms with van der Waals surface area (Å²) in [6.07, 6.45) is 6.53. The van der Waals surface area contributed by atoms with Crippen LogP contribution in [-0.4, -0.2) is 59.1 Å². The van der Waals surface area contributed by atoms with Gasteiger partial charge < -0.3 is 9.80 Å². The maximum absolute atomic E-state index is 12.2. The number of aromatic amines is 1. The molecule has 1 aromatic rings. The number of nitrogens with zero attached hydrogens (tertiary/aromatic N) is 3. The number of H-pyrrole nitrogens is 1. The lowest BCUT2D eigenvalue weighted by atomic mass is 9.60. The number of carbonyl (C=O) groups excluding carboxylic acids is 1. The zero-order valence-corrected chi connectivity index (χ0v) is 11.7. The van der Waals surface area contributed by atoms with Gasteiger partial charge in [0.15, 0.2) is 0 Å². The fourth-order valence-electron chi connectivity index (χ4n) is 3.44. The second-order valence-corrected chi connectivity index (χ2v) is 6.29. The molecule has 1 N–H and O–H groups in total. The van der Waals surface area contributed by atoms with Crippen molar-refractivity contribution < 1.29 is 4.79 Å². The molecule has 0 atom stereocenters. The zero-order chi connectivity index (χ0) is 13.5. The molecular formula is C14H22N4O. The highest BCUT2D eigenvalue weighted by molar-refractivity contribution is 5.92. The van der Waals surface area contributed by atoms with Crippen LogP contribution in [0.5, 0.6) is 0 Å². The average Bonchev–Trinajstić information content (AvgIpc) is 2.89. The number of aromatic nitrogens is 2. The van der Waals surface area contributed by atoms with E-state index in [-0.39, 0.29) is 5.91 Å². The minimum absolute atomic E-state index is 0.0934. The van der Waals surface area contributed by atoms with Crippen LogP contribution in [0.4, 0.5) is 0 Å². The molecule has 0 unspecified atom stereocenters. The Morgan fingerprint density at radius 3 is 2.63 bits per heavy atom. The third-order valence-electron chi connectivity index (χ3n) is 4.91. The molecule has 1 saturated carbocycles. The van der Waals surface area contributed by atoms with Gasteiger partial charge in [0.2, 0.25) is 0 Å². The second-order valence-electron chi connectivity index (χ2n) is 6.29. The van der Waals surface area contributed by atoms with Crippen molar-refractivity contribution in [3.63, 3.8) is 0 Å². The van der Waals surface area contributed by atoms with Gasteiger partial charge in [-0.2, -0.15) is 5.10 Å². The first-order valence-corrected chi connectivity index (χ1v) is 7.05. The van der Waals surface area contributed by atoms with Crippen molar-refractivity contribution in [2.75, 3.05) is 27.2 Å². The van der Waals surface area contributed by atoms with Crippen LogP contribution < -0.4 is 0 Å². The number of hydrogen-bond donors (Lipinski definition) is 1. The normalized spacial score (nSPS) is 22.8. The van der Waals surface area contributed by atoms with Gasteiger partial charge >= 0.3 is 0 Å². The number of piperidine rings is 1. The van der Waals surface area contributed by atoms with E-state index in [4.69, 9.17) is 0 Å². The molecule has 5 heteroatoms. The number of nitrogens with one attached hydrogen (secondary N) is 1. The Hall–Kier alpha value is -1.36. The number of likely N-dealkylation sites (tertiary alicyclic amines) is 1. The van der Waals surface area contributed by atoms with Gasteiger partial charge in [0.05, 0.1) is 0 Å². The maximum Gasteiger partial charge on any atom is 0.271 e. The Morgan fingerprint density at radius 1 is 1.42 bits per heavy atom. The summed E-state index contributed by atoms with van der Waals surface area (Å²) in [4.78, 5) is 16.5. The molecule has 19 heavy (non-hydrogen) atoms. The van der Waals surface area contributed by atoms with Crippen molar-refractivity contribution in [1.82, 2.24) is 20.0 Å². The number of hydrogen-bond acceptors (Lipinski definition) is 3. The lowest BCUT2D eigenvalue weighted by Gasteiger charge is -2.54. The van der Waals surface area contributed by atoms with Crippen molar-refractivity contribution in [2.45, 2.75) is 31.7 Å². The van der Waals surface area contributed by atoms with Crippen LogP contribution in [0.2, 0.25) is 0 Å². The van der Waals surface area contributed by atoms with Crippen molar-refractivity contribution in [3.05, 3.63) is 18.0 Å². The Labute approximate surface area is 114 Å². The lowest BCUT2D eigenvalue weighted by Crippen LogP contribution is -2.54. The van der Waals surface area contributed by atoms with Crippen molar-refractivity contribution in [1.29, 1.82) is 0 Å². The first-order chi connectivity index (χ1) is 9.10. The van der Waals surface area contributed by atoms with Gasteiger partial charge in [-0.25, -0.2) is 0 Å². The molecule has 1 aliphatic heterocycles. The summed E-state index contributed by atoms with van der Waals surface area (Å²) in [6.45, 7) is 1.77. The van der Waals surface area contributed by atoms with Gasteiger partial charge in [0, 0.05) is 25.3 Å². The first-order valence-electron chi connectivity index (χ1n) is 7.05. The molecule has 1 amide bonds. The molecule has 0 radical (unpaired) electrons. The van der Waals surface area contributed by atoms with Gasteiger partial charge in [-0.1, -0.05) is 0 Å². The van der Waals surface area contributed by atoms with E-state index in [1.807, 2.05) is 4.90 Å². The number of carbonyl (C=O) groups is 1. The smallest absolute Gasteiger partial charge is 0.271 e.